The number of benzene rings is 1. The van der Waals surface area contributed by atoms with Crippen molar-refractivity contribution in [1.29, 1.82) is 0 Å². The van der Waals surface area contributed by atoms with Crippen molar-refractivity contribution in [1.82, 2.24) is 14.7 Å². The van der Waals surface area contributed by atoms with Crippen LogP contribution in [0.2, 0.25) is 0 Å². The van der Waals surface area contributed by atoms with Crippen LogP contribution in [0.5, 0.6) is 11.5 Å². The van der Waals surface area contributed by atoms with Crippen molar-refractivity contribution >= 4 is 11.7 Å². The molecule has 0 bridgehead atoms. The molecule has 0 aliphatic carbocycles. The van der Waals surface area contributed by atoms with E-state index in [9.17, 15) is 9.59 Å². The van der Waals surface area contributed by atoms with Crippen LogP contribution in [0, 0.1) is 0 Å². The van der Waals surface area contributed by atoms with Crippen LogP contribution < -0.4 is 9.47 Å². The number of nitrogens with zero attached hydrogens (tertiary/aromatic N) is 3. The van der Waals surface area contributed by atoms with Crippen LogP contribution in [-0.2, 0) is 4.79 Å². The maximum atomic E-state index is 12.7. The van der Waals surface area contributed by atoms with Crippen molar-refractivity contribution in [3.05, 3.63) is 35.9 Å². The Morgan fingerprint density at radius 1 is 1.06 bits per heavy atom. The van der Waals surface area contributed by atoms with Gasteiger partial charge in [-0.15, -0.1) is 0 Å². The number of methoxy groups -OCH3 is 1. The number of hydrogen-bond donors (Lipinski definition) is 0. The molecule has 2 aliphatic heterocycles. The first-order chi connectivity index (χ1) is 15.5. The monoisotopic (exact) mass is 443 g/mol. The Morgan fingerprint density at radius 2 is 1.78 bits per heavy atom. The summed E-state index contributed by atoms with van der Waals surface area (Å²) in [6, 6.07) is 5.74. The van der Waals surface area contributed by atoms with E-state index < -0.39 is 0 Å². The predicted molar refractivity (Wildman–Crippen MR) is 126 cm³/mol. The van der Waals surface area contributed by atoms with E-state index >= 15 is 0 Å². The Hall–Kier alpha value is -2.38. The van der Waals surface area contributed by atoms with Crippen molar-refractivity contribution in [3.8, 4) is 11.5 Å². The number of carbonyl (C=O) groups excluding carboxylic acids is 2. The topological polar surface area (TPSA) is 62.3 Å². The number of piperidine rings is 1. The molecular formula is C25H37N3O4. The van der Waals surface area contributed by atoms with Crippen molar-refractivity contribution < 1.29 is 19.1 Å². The van der Waals surface area contributed by atoms with Gasteiger partial charge in [0.1, 0.15) is 11.5 Å². The highest BCUT2D eigenvalue weighted by atomic mass is 16.5. The minimum Gasteiger partial charge on any atom is -0.496 e. The number of unbranched alkanes of at least 4 members (excludes halogenated alkanes) is 1. The van der Waals surface area contributed by atoms with Gasteiger partial charge in [-0.1, -0.05) is 13.3 Å². The molecule has 0 spiro atoms. The van der Waals surface area contributed by atoms with Crippen molar-refractivity contribution in [3.63, 3.8) is 0 Å². The summed E-state index contributed by atoms with van der Waals surface area (Å²) in [5, 5.41) is 0. The SMILES string of the molecule is CCCCOc1ccc(C(=O)C=CC(=O)N2CCC(N3CCN(C)CC3)CC2)c(OC)c1. The minimum absolute atomic E-state index is 0.103. The average Bonchev–Trinajstić information content (AvgIpc) is 2.83. The number of hydrogen-bond acceptors (Lipinski definition) is 6. The van der Waals surface area contributed by atoms with Crippen LogP contribution in [0.4, 0.5) is 0 Å². The van der Waals surface area contributed by atoms with Crippen LogP contribution in [0.3, 0.4) is 0 Å². The fourth-order valence-electron chi connectivity index (χ4n) is 4.28. The van der Waals surface area contributed by atoms with Gasteiger partial charge in [0.05, 0.1) is 19.3 Å². The molecule has 7 nitrogen and oxygen atoms in total. The van der Waals surface area contributed by atoms with Crippen LogP contribution in [0.25, 0.3) is 0 Å². The van der Waals surface area contributed by atoms with Gasteiger partial charge in [-0.2, -0.15) is 0 Å². The van der Waals surface area contributed by atoms with Gasteiger partial charge in [-0.05, 0) is 44.5 Å². The van der Waals surface area contributed by atoms with Crippen LogP contribution in [0.15, 0.2) is 30.4 Å². The molecule has 7 heteroatoms. The van der Waals surface area contributed by atoms with E-state index in [0.29, 0.717) is 29.7 Å². The average molecular weight is 444 g/mol. The predicted octanol–water partition coefficient (Wildman–Crippen LogP) is 2.85. The molecule has 0 atom stereocenters. The van der Waals surface area contributed by atoms with E-state index in [1.807, 2.05) is 4.90 Å². The summed E-state index contributed by atoms with van der Waals surface area (Å²) < 4.78 is 11.1. The highest BCUT2D eigenvalue weighted by Crippen LogP contribution is 2.26. The number of ketones is 1. The van der Waals surface area contributed by atoms with Gasteiger partial charge in [0.25, 0.3) is 0 Å². The van der Waals surface area contributed by atoms with Gasteiger partial charge in [0.2, 0.25) is 5.91 Å². The molecule has 1 aromatic rings. The lowest BCUT2D eigenvalue weighted by Crippen LogP contribution is -2.52. The molecule has 1 amide bonds. The zero-order valence-electron chi connectivity index (χ0n) is 19.7. The third kappa shape index (κ3) is 6.56. The maximum absolute atomic E-state index is 12.7. The summed E-state index contributed by atoms with van der Waals surface area (Å²) in [6.45, 7) is 8.64. The molecule has 0 radical (unpaired) electrons. The molecule has 0 N–H and O–H groups in total. The second kappa shape index (κ2) is 12.0. The van der Waals surface area contributed by atoms with Gasteiger partial charge in [-0.25, -0.2) is 0 Å². The standard InChI is InChI=1S/C25H37N3O4/c1-4-5-18-32-21-6-7-22(24(19-21)31-3)23(29)8-9-25(30)28-12-10-20(11-13-28)27-16-14-26(2)15-17-27/h6-9,19-20H,4-5,10-18H2,1-3H3. The highest BCUT2D eigenvalue weighted by Gasteiger charge is 2.27. The van der Waals surface area contributed by atoms with E-state index in [4.69, 9.17) is 9.47 Å². The molecule has 1 aromatic carbocycles. The van der Waals surface area contributed by atoms with Crippen LogP contribution in [-0.4, -0.2) is 92.5 Å². The van der Waals surface area contributed by atoms with E-state index in [1.165, 1.54) is 19.3 Å². The molecule has 3 rings (SSSR count). The number of piperazine rings is 1. The number of rotatable bonds is 9. The van der Waals surface area contributed by atoms with Gasteiger partial charge in [-0.3, -0.25) is 14.5 Å². The normalized spacial score (nSPS) is 18.8. The van der Waals surface area contributed by atoms with Crippen molar-refractivity contribution in [2.45, 2.75) is 38.6 Å². The lowest BCUT2D eigenvalue weighted by molar-refractivity contribution is -0.127. The third-order valence-electron chi connectivity index (χ3n) is 6.41. The van der Waals surface area contributed by atoms with Crippen LogP contribution in [0.1, 0.15) is 43.0 Å². The molecule has 2 saturated heterocycles. The van der Waals surface area contributed by atoms with E-state index in [1.54, 1.807) is 18.2 Å². The molecule has 0 aromatic heterocycles. The zero-order valence-corrected chi connectivity index (χ0v) is 19.7. The van der Waals surface area contributed by atoms with Crippen LogP contribution >= 0.6 is 0 Å². The first-order valence-electron chi connectivity index (χ1n) is 11.8. The molecule has 0 saturated carbocycles. The Balaban J connectivity index is 1.51. The van der Waals surface area contributed by atoms with Gasteiger partial charge in [0, 0.05) is 57.5 Å². The van der Waals surface area contributed by atoms with E-state index in [2.05, 4.69) is 23.8 Å². The lowest BCUT2D eigenvalue weighted by atomic mass is 10.0. The Bertz CT molecular complexity index is 794. The van der Waals surface area contributed by atoms with E-state index in [-0.39, 0.29) is 11.7 Å². The van der Waals surface area contributed by atoms with Crippen molar-refractivity contribution in [2.24, 2.45) is 0 Å². The number of carbonyl (C=O) groups is 2. The maximum Gasteiger partial charge on any atom is 0.246 e. The quantitative estimate of drug-likeness (QED) is 0.332. The van der Waals surface area contributed by atoms with Gasteiger partial charge >= 0.3 is 0 Å². The smallest absolute Gasteiger partial charge is 0.246 e. The summed E-state index contributed by atoms with van der Waals surface area (Å²) >= 11 is 0. The summed E-state index contributed by atoms with van der Waals surface area (Å²) in [7, 11) is 3.69. The Kier molecular flexibility index (Phi) is 9.11. The number of likely N-dealkylation sites (N-methyl/N-ethyl adjacent to an activating group) is 1. The first-order valence-corrected chi connectivity index (χ1v) is 11.8. The number of ether oxygens (including phenoxy) is 2. The highest BCUT2D eigenvalue weighted by molar-refractivity contribution is 6.09. The second-order valence-corrected chi connectivity index (χ2v) is 8.66. The summed E-state index contributed by atoms with van der Waals surface area (Å²) in [4.78, 5) is 32.1. The molecule has 2 aliphatic rings. The van der Waals surface area contributed by atoms with Crippen molar-refractivity contribution in [2.75, 3.05) is 60.0 Å². The minimum atomic E-state index is -0.248. The number of amides is 1. The van der Waals surface area contributed by atoms with Gasteiger partial charge < -0.3 is 19.3 Å². The van der Waals surface area contributed by atoms with Gasteiger partial charge in [0.15, 0.2) is 5.78 Å². The number of allylic oxidation sites excluding steroid dienone is 1. The molecule has 176 valence electrons. The third-order valence-corrected chi connectivity index (χ3v) is 6.41. The molecule has 2 fully saturated rings. The summed E-state index contributed by atoms with van der Waals surface area (Å²) in [5.74, 6) is 0.778. The fraction of sp³-hybridized carbons (Fsp3) is 0.600. The Morgan fingerprint density at radius 3 is 2.44 bits per heavy atom. The first kappa shape index (κ1) is 24.3. The fourth-order valence-corrected chi connectivity index (χ4v) is 4.28. The largest absolute Gasteiger partial charge is 0.496 e. The lowest BCUT2D eigenvalue weighted by Gasteiger charge is -2.41. The molecule has 32 heavy (non-hydrogen) atoms. The summed E-state index contributed by atoms with van der Waals surface area (Å²) in [6.07, 6.45) is 6.75. The van der Waals surface area contributed by atoms with E-state index in [0.717, 1.165) is 65.0 Å². The molecule has 0 unspecified atom stereocenters. The summed E-state index contributed by atoms with van der Waals surface area (Å²) in [5.41, 5.74) is 0.424. The Labute approximate surface area is 191 Å². The number of likely N-dealkylation sites (tertiary alicyclic amines) is 1. The zero-order chi connectivity index (χ0) is 22.9. The molecule has 2 heterocycles. The second-order valence-electron chi connectivity index (χ2n) is 8.66. The molecular weight excluding hydrogens is 406 g/mol.